The Morgan fingerprint density at radius 1 is 1.12 bits per heavy atom. The number of nitrogens with two attached hydrogens (primary N) is 1. The normalized spacial score (nSPS) is 16.0. The standard InChI is InChI=1S/C22H22F3N3O4S.ClH/c23-16-10-18(25)17(24)8-14(16)7-15(26)9-19(29)28-5-6-33-21(28)20(30)27-11-12-1-3-13(4-2-12)22(31)32;/h1-4,8,10,15,21H,5-7,9,11,26H2,(H,27,30)(H,31,32);1H/t15-,21?;/m1./s1. The minimum Gasteiger partial charge on any atom is -0.478 e. The van der Waals surface area contributed by atoms with Gasteiger partial charge in [0.05, 0.1) is 5.56 Å². The number of carboxylic acid groups (broad SMARTS) is 1. The molecule has 1 fully saturated rings. The maximum atomic E-state index is 13.8. The van der Waals surface area contributed by atoms with Gasteiger partial charge in [0, 0.05) is 37.4 Å². The van der Waals surface area contributed by atoms with Crippen molar-refractivity contribution in [2.75, 3.05) is 12.3 Å². The number of carboxylic acids is 1. The van der Waals surface area contributed by atoms with Crippen molar-refractivity contribution in [1.29, 1.82) is 0 Å². The highest BCUT2D eigenvalue weighted by molar-refractivity contribution is 8.00. The molecule has 7 nitrogen and oxygen atoms in total. The van der Waals surface area contributed by atoms with Crippen LogP contribution in [0.15, 0.2) is 36.4 Å². The van der Waals surface area contributed by atoms with Crippen LogP contribution in [0.2, 0.25) is 0 Å². The zero-order valence-electron chi connectivity index (χ0n) is 17.8. The second kappa shape index (κ2) is 12.1. The van der Waals surface area contributed by atoms with Gasteiger partial charge >= 0.3 is 5.97 Å². The van der Waals surface area contributed by atoms with Crippen molar-refractivity contribution in [3.63, 3.8) is 0 Å². The summed E-state index contributed by atoms with van der Waals surface area (Å²) in [6, 6.07) is 6.35. The first-order chi connectivity index (χ1) is 15.7. The highest BCUT2D eigenvalue weighted by atomic mass is 35.5. The van der Waals surface area contributed by atoms with Gasteiger partial charge in [-0.25, -0.2) is 18.0 Å². The van der Waals surface area contributed by atoms with Gasteiger partial charge in [-0.1, -0.05) is 12.1 Å². The van der Waals surface area contributed by atoms with E-state index in [2.05, 4.69) is 5.32 Å². The SMILES string of the molecule is Cl.N[C@@H](CC(=O)N1CCSC1C(=O)NCc1ccc(C(=O)O)cc1)Cc1cc(F)c(F)cc1F. The largest absolute Gasteiger partial charge is 0.478 e. The summed E-state index contributed by atoms with van der Waals surface area (Å²) in [5, 5.41) is 10.9. The molecule has 0 bridgehead atoms. The summed E-state index contributed by atoms with van der Waals surface area (Å²) in [7, 11) is 0. The molecule has 1 unspecified atom stereocenters. The fourth-order valence-corrected chi connectivity index (χ4v) is 4.56. The molecule has 1 heterocycles. The predicted molar refractivity (Wildman–Crippen MR) is 123 cm³/mol. The molecule has 2 amide bonds. The zero-order chi connectivity index (χ0) is 24.1. The summed E-state index contributed by atoms with van der Waals surface area (Å²) in [6.45, 7) is 0.494. The first-order valence-corrected chi connectivity index (χ1v) is 11.1. The van der Waals surface area contributed by atoms with E-state index in [0.717, 1.165) is 6.07 Å². The molecule has 2 atom stereocenters. The minimum atomic E-state index is -1.30. The summed E-state index contributed by atoms with van der Waals surface area (Å²) in [5.74, 6) is -4.73. The van der Waals surface area contributed by atoms with Gasteiger partial charge in [-0.05, 0) is 35.7 Å². The first kappa shape index (κ1) is 27.5. The smallest absolute Gasteiger partial charge is 0.335 e. The lowest BCUT2D eigenvalue weighted by Crippen LogP contribution is -2.46. The van der Waals surface area contributed by atoms with Gasteiger partial charge < -0.3 is 21.1 Å². The Morgan fingerprint density at radius 3 is 2.41 bits per heavy atom. The summed E-state index contributed by atoms with van der Waals surface area (Å²) < 4.78 is 40.3. The number of thioether (sulfide) groups is 1. The Morgan fingerprint density at radius 2 is 1.76 bits per heavy atom. The van der Waals surface area contributed by atoms with Crippen LogP contribution < -0.4 is 11.1 Å². The topological polar surface area (TPSA) is 113 Å². The van der Waals surface area contributed by atoms with E-state index in [0.29, 0.717) is 23.9 Å². The quantitative estimate of drug-likeness (QED) is 0.464. The number of hydrogen-bond acceptors (Lipinski definition) is 5. The van der Waals surface area contributed by atoms with Crippen molar-refractivity contribution >= 4 is 42.0 Å². The lowest BCUT2D eigenvalue weighted by atomic mass is 10.0. The Hall–Kier alpha value is -2.76. The number of aromatic carboxylic acids is 1. The zero-order valence-corrected chi connectivity index (χ0v) is 19.4. The Labute approximate surface area is 204 Å². The van der Waals surface area contributed by atoms with E-state index in [4.69, 9.17) is 10.8 Å². The average Bonchev–Trinajstić information content (AvgIpc) is 3.26. The van der Waals surface area contributed by atoms with Crippen LogP contribution in [0.4, 0.5) is 13.2 Å². The fourth-order valence-electron chi connectivity index (χ4n) is 3.40. The highest BCUT2D eigenvalue weighted by Crippen LogP contribution is 2.25. The van der Waals surface area contributed by atoms with Crippen molar-refractivity contribution < 1.29 is 32.7 Å². The number of rotatable bonds is 8. The molecule has 34 heavy (non-hydrogen) atoms. The van der Waals surface area contributed by atoms with E-state index < -0.39 is 40.7 Å². The van der Waals surface area contributed by atoms with Gasteiger partial charge in [0.15, 0.2) is 17.0 Å². The van der Waals surface area contributed by atoms with Crippen LogP contribution in [0.3, 0.4) is 0 Å². The van der Waals surface area contributed by atoms with E-state index in [1.165, 1.54) is 28.8 Å². The van der Waals surface area contributed by atoms with Crippen LogP contribution >= 0.6 is 24.2 Å². The van der Waals surface area contributed by atoms with E-state index in [1.54, 1.807) is 12.1 Å². The maximum Gasteiger partial charge on any atom is 0.335 e. The van der Waals surface area contributed by atoms with Gasteiger partial charge in [-0.2, -0.15) is 0 Å². The Kier molecular flexibility index (Phi) is 9.77. The summed E-state index contributed by atoms with van der Waals surface area (Å²) >= 11 is 1.29. The van der Waals surface area contributed by atoms with Gasteiger partial charge in [-0.3, -0.25) is 9.59 Å². The van der Waals surface area contributed by atoms with Crippen molar-refractivity contribution in [1.82, 2.24) is 10.2 Å². The summed E-state index contributed by atoms with van der Waals surface area (Å²) in [5.41, 5.74) is 6.64. The average molecular weight is 518 g/mol. The van der Waals surface area contributed by atoms with Crippen molar-refractivity contribution in [3.05, 3.63) is 70.5 Å². The van der Waals surface area contributed by atoms with Gasteiger partial charge in [0.1, 0.15) is 5.82 Å². The lowest BCUT2D eigenvalue weighted by molar-refractivity contribution is -0.136. The third-order valence-electron chi connectivity index (χ3n) is 5.11. The third kappa shape index (κ3) is 6.87. The Bertz CT molecular complexity index is 1060. The molecule has 2 aromatic carbocycles. The van der Waals surface area contributed by atoms with Gasteiger partial charge in [-0.15, -0.1) is 24.2 Å². The minimum absolute atomic E-state index is 0. The molecule has 1 aliphatic rings. The summed E-state index contributed by atoms with van der Waals surface area (Å²) in [6.07, 6.45) is -0.363. The molecule has 2 aromatic rings. The number of hydrogen-bond donors (Lipinski definition) is 3. The van der Waals surface area contributed by atoms with E-state index in [-0.39, 0.29) is 48.8 Å². The van der Waals surface area contributed by atoms with Crippen molar-refractivity contribution in [3.8, 4) is 0 Å². The molecule has 0 radical (unpaired) electrons. The number of halogens is 4. The molecular formula is C22H23ClF3N3O4S. The molecule has 3 rings (SSSR count). The van der Waals surface area contributed by atoms with Gasteiger partial charge in [0.2, 0.25) is 5.91 Å². The van der Waals surface area contributed by atoms with Crippen LogP contribution in [-0.4, -0.2) is 51.5 Å². The van der Waals surface area contributed by atoms with E-state index in [9.17, 15) is 27.6 Å². The van der Waals surface area contributed by atoms with Crippen LogP contribution in [-0.2, 0) is 22.6 Å². The molecule has 1 saturated heterocycles. The summed E-state index contributed by atoms with van der Waals surface area (Å²) in [4.78, 5) is 37.6. The second-order valence-electron chi connectivity index (χ2n) is 7.56. The molecule has 184 valence electrons. The van der Waals surface area contributed by atoms with Crippen molar-refractivity contribution in [2.45, 2.75) is 30.8 Å². The third-order valence-corrected chi connectivity index (χ3v) is 6.31. The number of carbonyl (C=O) groups is 3. The highest BCUT2D eigenvalue weighted by Gasteiger charge is 2.35. The number of nitrogens with zero attached hydrogens (tertiary/aromatic N) is 1. The van der Waals surface area contributed by atoms with Crippen LogP contribution in [0.1, 0.15) is 27.9 Å². The number of amides is 2. The number of nitrogens with one attached hydrogen (secondary N) is 1. The Balaban J connectivity index is 0.00000408. The fraction of sp³-hybridized carbons (Fsp3) is 0.318. The molecule has 0 saturated carbocycles. The van der Waals surface area contributed by atoms with Gasteiger partial charge in [0.25, 0.3) is 5.91 Å². The first-order valence-electron chi connectivity index (χ1n) is 10.1. The lowest BCUT2D eigenvalue weighted by Gasteiger charge is -2.24. The molecule has 12 heteroatoms. The van der Waals surface area contributed by atoms with E-state index in [1.807, 2.05) is 0 Å². The molecule has 0 spiro atoms. The maximum absolute atomic E-state index is 13.8. The molecule has 0 aromatic heterocycles. The predicted octanol–water partition coefficient (Wildman–Crippen LogP) is 2.70. The van der Waals surface area contributed by atoms with Crippen LogP contribution in [0.25, 0.3) is 0 Å². The van der Waals surface area contributed by atoms with Crippen LogP contribution in [0.5, 0.6) is 0 Å². The molecule has 4 N–H and O–H groups in total. The molecule has 1 aliphatic heterocycles. The van der Waals surface area contributed by atoms with Crippen molar-refractivity contribution in [2.24, 2.45) is 5.73 Å². The van der Waals surface area contributed by atoms with Crippen LogP contribution in [0, 0.1) is 17.5 Å². The number of carbonyl (C=O) groups excluding carboxylic acids is 2. The second-order valence-corrected chi connectivity index (χ2v) is 8.74. The molecule has 0 aliphatic carbocycles. The molecular weight excluding hydrogens is 495 g/mol. The monoisotopic (exact) mass is 517 g/mol. The number of benzene rings is 2. The van der Waals surface area contributed by atoms with E-state index >= 15 is 0 Å².